The topological polar surface area (TPSA) is 78.4 Å². The van der Waals surface area contributed by atoms with E-state index in [0.717, 1.165) is 19.3 Å². The highest BCUT2D eigenvalue weighted by Gasteiger charge is 2.29. The molecule has 1 aromatic carbocycles. The Labute approximate surface area is 131 Å². The third kappa shape index (κ3) is 4.31. The zero-order chi connectivity index (χ0) is 16.2. The van der Waals surface area contributed by atoms with Crippen LogP contribution < -0.4 is 10.6 Å². The van der Waals surface area contributed by atoms with E-state index in [1.54, 1.807) is 24.3 Å². The molecular weight excluding hydrogens is 280 g/mol. The highest BCUT2D eigenvalue weighted by atomic mass is 16.3. The summed E-state index contributed by atoms with van der Waals surface area (Å²) in [6, 6.07) is 6.88. The van der Waals surface area contributed by atoms with Gasteiger partial charge in [0.1, 0.15) is 0 Å². The number of carbonyl (C=O) groups excluding carboxylic acids is 2. The van der Waals surface area contributed by atoms with Gasteiger partial charge in [-0.15, -0.1) is 0 Å². The molecule has 3 N–H and O–H groups in total. The average molecular weight is 304 g/mol. The van der Waals surface area contributed by atoms with E-state index in [0.29, 0.717) is 17.7 Å². The molecule has 1 saturated carbocycles. The molecule has 0 spiro atoms. The normalized spacial score (nSPS) is 16.7. The number of hydrogen-bond donors (Lipinski definition) is 3. The van der Waals surface area contributed by atoms with E-state index in [1.807, 2.05) is 13.8 Å². The van der Waals surface area contributed by atoms with E-state index in [2.05, 4.69) is 10.6 Å². The predicted molar refractivity (Wildman–Crippen MR) is 85.7 cm³/mol. The Kier molecular flexibility index (Phi) is 5.19. The highest BCUT2D eigenvalue weighted by Crippen LogP contribution is 2.30. The maximum absolute atomic E-state index is 12.3. The molecule has 0 aromatic heterocycles. The van der Waals surface area contributed by atoms with E-state index in [4.69, 9.17) is 5.11 Å². The largest absolute Gasteiger partial charge is 0.396 e. The lowest BCUT2D eigenvalue weighted by Gasteiger charge is -2.29. The summed E-state index contributed by atoms with van der Waals surface area (Å²) < 4.78 is 0. The maximum atomic E-state index is 12.3. The molecule has 2 rings (SSSR count). The molecular formula is C17H24N2O3. The fourth-order valence-electron chi connectivity index (χ4n) is 2.22. The Bertz CT molecular complexity index is 537. The van der Waals surface area contributed by atoms with Crippen molar-refractivity contribution in [2.45, 2.75) is 45.1 Å². The second-order valence-corrected chi connectivity index (χ2v) is 6.18. The summed E-state index contributed by atoms with van der Waals surface area (Å²) in [5.74, 6) is 0.0447. The van der Waals surface area contributed by atoms with Gasteiger partial charge >= 0.3 is 0 Å². The van der Waals surface area contributed by atoms with Gasteiger partial charge in [0, 0.05) is 29.3 Å². The average Bonchev–Trinajstić information content (AvgIpc) is 3.33. The van der Waals surface area contributed by atoms with Crippen LogP contribution in [0.4, 0.5) is 5.69 Å². The van der Waals surface area contributed by atoms with Gasteiger partial charge in [0.2, 0.25) is 5.91 Å². The zero-order valence-corrected chi connectivity index (χ0v) is 13.2. The van der Waals surface area contributed by atoms with Gasteiger partial charge in [-0.25, -0.2) is 0 Å². The number of rotatable bonds is 7. The van der Waals surface area contributed by atoms with Gasteiger partial charge in [-0.3, -0.25) is 9.59 Å². The molecule has 1 unspecified atom stereocenters. The molecule has 1 aliphatic rings. The Hall–Kier alpha value is -1.88. The van der Waals surface area contributed by atoms with Crippen LogP contribution >= 0.6 is 0 Å². The fourth-order valence-corrected chi connectivity index (χ4v) is 2.22. The molecule has 0 heterocycles. The van der Waals surface area contributed by atoms with E-state index < -0.39 is 5.54 Å². The zero-order valence-electron chi connectivity index (χ0n) is 13.2. The van der Waals surface area contributed by atoms with Crippen LogP contribution in [-0.2, 0) is 4.79 Å². The molecule has 22 heavy (non-hydrogen) atoms. The van der Waals surface area contributed by atoms with Crippen molar-refractivity contribution in [2.24, 2.45) is 5.92 Å². The molecule has 1 atom stereocenters. The van der Waals surface area contributed by atoms with Crippen molar-refractivity contribution >= 4 is 17.5 Å². The lowest BCUT2D eigenvalue weighted by molar-refractivity contribution is -0.117. The number of aliphatic hydroxyl groups is 1. The second-order valence-electron chi connectivity index (χ2n) is 6.18. The summed E-state index contributed by atoms with van der Waals surface area (Å²) in [4.78, 5) is 23.9. The molecule has 120 valence electrons. The van der Waals surface area contributed by atoms with E-state index >= 15 is 0 Å². The molecule has 5 heteroatoms. The minimum atomic E-state index is -0.412. The molecule has 0 saturated heterocycles. The Morgan fingerprint density at radius 1 is 1.27 bits per heavy atom. The van der Waals surface area contributed by atoms with Crippen LogP contribution in [0.15, 0.2) is 24.3 Å². The number of amides is 2. The van der Waals surface area contributed by atoms with Gasteiger partial charge < -0.3 is 15.7 Å². The Morgan fingerprint density at radius 3 is 2.41 bits per heavy atom. The number of benzene rings is 1. The number of hydrogen-bond acceptors (Lipinski definition) is 3. The minimum Gasteiger partial charge on any atom is -0.396 e. The Morgan fingerprint density at radius 2 is 1.91 bits per heavy atom. The van der Waals surface area contributed by atoms with E-state index in [9.17, 15) is 9.59 Å². The van der Waals surface area contributed by atoms with Crippen LogP contribution in [0.25, 0.3) is 0 Å². The predicted octanol–water partition coefficient (Wildman–Crippen LogP) is 2.32. The van der Waals surface area contributed by atoms with Crippen molar-refractivity contribution in [3.05, 3.63) is 29.8 Å². The van der Waals surface area contributed by atoms with Gasteiger partial charge in [-0.05, 0) is 56.9 Å². The molecule has 0 bridgehead atoms. The summed E-state index contributed by atoms with van der Waals surface area (Å²) in [6.07, 6.45) is 3.19. The number of aliphatic hydroxyl groups excluding tert-OH is 1. The summed E-state index contributed by atoms with van der Waals surface area (Å²) in [5.41, 5.74) is 0.842. The number of carbonyl (C=O) groups is 2. The molecule has 1 aromatic rings. The van der Waals surface area contributed by atoms with Crippen LogP contribution in [0.2, 0.25) is 0 Å². The van der Waals surface area contributed by atoms with Gasteiger partial charge in [-0.1, -0.05) is 6.92 Å². The molecule has 5 nitrogen and oxygen atoms in total. The van der Waals surface area contributed by atoms with E-state index in [-0.39, 0.29) is 24.3 Å². The first kappa shape index (κ1) is 16.5. The van der Waals surface area contributed by atoms with E-state index in [1.165, 1.54) is 0 Å². The van der Waals surface area contributed by atoms with Crippen LogP contribution in [0.5, 0.6) is 0 Å². The summed E-state index contributed by atoms with van der Waals surface area (Å²) in [5, 5.41) is 14.9. The summed E-state index contributed by atoms with van der Waals surface area (Å²) >= 11 is 0. The standard InChI is InChI=1S/C17H24N2O3/c1-3-17(2,10-11-20)19-16(22)13-6-8-14(9-7-13)18-15(21)12-4-5-12/h6-9,12,20H,3-5,10-11H2,1-2H3,(H,18,21)(H,19,22). The van der Waals surface area contributed by atoms with Gasteiger partial charge in [0.25, 0.3) is 5.91 Å². The third-order valence-electron chi connectivity index (χ3n) is 4.22. The lowest BCUT2D eigenvalue weighted by atomic mass is 9.94. The van der Waals surface area contributed by atoms with Crippen LogP contribution in [-0.4, -0.2) is 29.1 Å². The van der Waals surface area contributed by atoms with Crippen molar-refractivity contribution in [2.75, 3.05) is 11.9 Å². The SMILES string of the molecule is CCC(C)(CCO)NC(=O)c1ccc(NC(=O)C2CC2)cc1. The second kappa shape index (κ2) is 6.92. The van der Waals surface area contributed by atoms with Crippen molar-refractivity contribution in [1.29, 1.82) is 0 Å². The van der Waals surface area contributed by atoms with Crippen molar-refractivity contribution in [1.82, 2.24) is 5.32 Å². The first-order valence-corrected chi connectivity index (χ1v) is 7.82. The van der Waals surface area contributed by atoms with Crippen LogP contribution in [0, 0.1) is 5.92 Å². The van der Waals surface area contributed by atoms with Gasteiger partial charge in [0.15, 0.2) is 0 Å². The fraction of sp³-hybridized carbons (Fsp3) is 0.529. The van der Waals surface area contributed by atoms with Crippen molar-refractivity contribution < 1.29 is 14.7 Å². The maximum Gasteiger partial charge on any atom is 0.251 e. The molecule has 0 aliphatic heterocycles. The summed E-state index contributed by atoms with van der Waals surface area (Å²) in [7, 11) is 0. The number of nitrogens with one attached hydrogen (secondary N) is 2. The molecule has 1 aliphatic carbocycles. The van der Waals surface area contributed by atoms with Crippen LogP contribution in [0.1, 0.15) is 49.9 Å². The van der Waals surface area contributed by atoms with Gasteiger partial charge in [0.05, 0.1) is 0 Å². The van der Waals surface area contributed by atoms with Crippen molar-refractivity contribution in [3.8, 4) is 0 Å². The molecule has 2 amide bonds. The minimum absolute atomic E-state index is 0.0384. The Balaban J connectivity index is 1.96. The number of anilines is 1. The first-order chi connectivity index (χ1) is 10.5. The molecule has 1 fully saturated rings. The summed E-state index contributed by atoms with van der Waals surface area (Å²) in [6.45, 7) is 3.94. The lowest BCUT2D eigenvalue weighted by Crippen LogP contribution is -2.46. The highest BCUT2D eigenvalue weighted by molar-refractivity contribution is 5.97. The van der Waals surface area contributed by atoms with Crippen molar-refractivity contribution in [3.63, 3.8) is 0 Å². The quantitative estimate of drug-likeness (QED) is 0.723. The first-order valence-electron chi connectivity index (χ1n) is 7.82. The monoisotopic (exact) mass is 304 g/mol. The van der Waals surface area contributed by atoms with Crippen LogP contribution in [0.3, 0.4) is 0 Å². The molecule has 0 radical (unpaired) electrons. The van der Waals surface area contributed by atoms with Gasteiger partial charge in [-0.2, -0.15) is 0 Å². The third-order valence-corrected chi connectivity index (χ3v) is 4.22. The smallest absolute Gasteiger partial charge is 0.251 e.